The van der Waals surface area contributed by atoms with E-state index in [-0.39, 0.29) is 35.2 Å². The van der Waals surface area contributed by atoms with E-state index in [1.165, 1.54) is 0 Å². The number of carbonyl (C=O) groups is 1. The van der Waals surface area contributed by atoms with E-state index >= 15 is 0 Å². The monoisotopic (exact) mass is 320 g/mol. The molecule has 0 aliphatic heterocycles. The summed E-state index contributed by atoms with van der Waals surface area (Å²) in [5.41, 5.74) is 1.90. The van der Waals surface area contributed by atoms with Gasteiger partial charge < -0.3 is 15.3 Å². The van der Waals surface area contributed by atoms with Crippen LogP contribution in [0.1, 0.15) is 64.7 Å². The van der Waals surface area contributed by atoms with Gasteiger partial charge in [-0.2, -0.15) is 0 Å². The van der Waals surface area contributed by atoms with Crippen molar-refractivity contribution < 1.29 is 20.1 Å². The Bertz CT molecular complexity index is 578. The predicted octanol–water partition coefficient (Wildman–Crippen LogP) is 3.84. The molecular weight excluding hydrogens is 292 g/mol. The van der Waals surface area contributed by atoms with Crippen LogP contribution in [0, 0.1) is 0 Å². The van der Waals surface area contributed by atoms with Crippen molar-refractivity contribution >= 4 is 12.0 Å². The van der Waals surface area contributed by atoms with Gasteiger partial charge in [0.25, 0.3) is 0 Å². The van der Waals surface area contributed by atoms with Crippen molar-refractivity contribution in [1.29, 1.82) is 0 Å². The van der Waals surface area contributed by atoms with Gasteiger partial charge in [0, 0.05) is 29.7 Å². The zero-order valence-corrected chi connectivity index (χ0v) is 14.9. The van der Waals surface area contributed by atoms with E-state index in [1.54, 1.807) is 6.08 Å². The van der Waals surface area contributed by atoms with Crippen molar-refractivity contribution in [2.75, 3.05) is 6.61 Å². The lowest BCUT2D eigenvalue weighted by molar-refractivity contribution is -0.132. The van der Waals surface area contributed by atoms with Crippen LogP contribution in [0.15, 0.2) is 17.7 Å². The minimum atomic E-state index is -1.04. The molecule has 23 heavy (non-hydrogen) atoms. The molecule has 1 aromatic carbocycles. The zero-order chi connectivity index (χ0) is 18.0. The summed E-state index contributed by atoms with van der Waals surface area (Å²) in [4.78, 5) is 11.3. The third-order valence-corrected chi connectivity index (χ3v) is 3.75. The summed E-state index contributed by atoms with van der Waals surface area (Å²) < 4.78 is 0. The average Bonchev–Trinajstić information content (AvgIpc) is 2.37. The lowest BCUT2D eigenvalue weighted by Gasteiger charge is -2.28. The average molecular weight is 320 g/mol. The van der Waals surface area contributed by atoms with Crippen molar-refractivity contribution in [3.05, 3.63) is 34.4 Å². The summed E-state index contributed by atoms with van der Waals surface area (Å²) in [5, 5.41) is 28.9. The molecule has 0 saturated heterocycles. The highest BCUT2D eigenvalue weighted by molar-refractivity contribution is 5.92. The molecule has 4 nitrogen and oxygen atoms in total. The molecule has 4 heteroatoms. The molecule has 0 heterocycles. The fraction of sp³-hybridized carbons (Fsp3) is 0.526. The summed E-state index contributed by atoms with van der Waals surface area (Å²) in [7, 11) is 0. The van der Waals surface area contributed by atoms with Gasteiger partial charge in [-0.05, 0) is 34.6 Å². The summed E-state index contributed by atoms with van der Waals surface area (Å²) in [6, 6.07) is 3.65. The first kappa shape index (κ1) is 19.2. The number of aliphatic carboxylic acids is 1. The number of aliphatic hydroxyl groups excluding tert-OH is 1. The number of aromatic hydroxyl groups is 1. The van der Waals surface area contributed by atoms with Crippen molar-refractivity contribution in [2.24, 2.45) is 0 Å². The number of benzene rings is 1. The van der Waals surface area contributed by atoms with Crippen LogP contribution in [0.2, 0.25) is 0 Å². The molecule has 0 fully saturated rings. The van der Waals surface area contributed by atoms with E-state index in [4.69, 9.17) is 5.11 Å². The molecule has 0 unspecified atom stereocenters. The largest absolute Gasteiger partial charge is 0.507 e. The van der Waals surface area contributed by atoms with Crippen LogP contribution in [0.4, 0.5) is 0 Å². The van der Waals surface area contributed by atoms with Gasteiger partial charge in [-0.3, -0.25) is 0 Å². The Labute approximate surface area is 138 Å². The normalized spacial score (nSPS) is 13.3. The summed E-state index contributed by atoms with van der Waals surface area (Å²) in [6.45, 7) is 11.8. The molecule has 0 atom stereocenters. The van der Waals surface area contributed by atoms with Crippen LogP contribution in [0.25, 0.3) is 6.08 Å². The van der Waals surface area contributed by atoms with Gasteiger partial charge in [0.05, 0.1) is 0 Å². The molecular formula is C19H28O4. The fourth-order valence-corrected chi connectivity index (χ4v) is 2.45. The van der Waals surface area contributed by atoms with E-state index in [0.717, 1.165) is 16.7 Å². The molecule has 1 aromatic rings. The predicted molar refractivity (Wildman–Crippen MR) is 92.8 cm³/mol. The zero-order valence-electron chi connectivity index (χ0n) is 14.9. The maximum Gasteiger partial charge on any atom is 0.331 e. The minimum absolute atomic E-state index is 0.0892. The van der Waals surface area contributed by atoms with Gasteiger partial charge in [-0.1, -0.05) is 41.5 Å². The minimum Gasteiger partial charge on any atom is -0.507 e. The van der Waals surface area contributed by atoms with E-state index in [0.29, 0.717) is 0 Å². The Morgan fingerprint density at radius 1 is 1.04 bits per heavy atom. The molecule has 0 bridgehead atoms. The van der Waals surface area contributed by atoms with Crippen molar-refractivity contribution in [1.82, 2.24) is 0 Å². The number of phenols is 1. The Kier molecular flexibility index (Phi) is 5.65. The Morgan fingerprint density at radius 3 is 1.78 bits per heavy atom. The molecule has 0 aliphatic carbocycles. The molecule has 128 valence electrons. The van der Waals surface area contributed by atoms with E-state index in [9.17, 15) is 15.0 Å². The quantitative estimate of drug-likeness (QED) is 0.737. The first-order valence-corrected chi connectivity index (χ1v) is 7.80. The second-order valence-electron chi connectivity index (χ2n) is 7.91. The van der Waals surface area contributed by atoms with Crippen molar-refractivity contribution in [2.45, 2.75) is 58.8 Å². The highest BCUT2D eigenvalue weighted by Gasteiger charge is 2.26. The lowest BCUT2D eigenvalue weighted by Crippen LogP contribution is -2.17. The molecule has 1 rings (SSSR count). The summed E-state index contributed by atoms with van der Waals surface area (Å²) >= 11 is 0. The first-order chi connectivity index (χ1) is 10.4. The van der Waals surface area contributed by atoms with Gasteiger partial charge >= 0.3 is 5.97 Å². The molecule has 0 aromatic heterocycles. The van der Waals surface area contributed by atoms with Gasteiger partial charge in [0.1, 0.15) is 5.75 Å². The van der Waals surface area contributed by atoms with Crippen LogP contribution in [-0.2, 0) is 15.6 Å². The first-order valence-electron chi connectivity index (χ1n) is 7.80. The number of carboxylic acid groups (broad SMARTS) is 1. The van der Waals surface area contributed by atoms with Crippen LogP contribution < -0.4 is 0 Å². The standard InChI is InChI=1S/C19H28O4/c1-18(2,3)14-10-12(9-13(7-8-20)17(22)23)11-15(16(14)21)19(4,5)6/h9-11,20-21H,7-8H2,1-6H3,(H,22,23). The molecule has 0 spiro atoms. The van der Waals surface area contributed by atoms with Crippen LogP contribution in [-0.4, -0.2) is 27.9 Å². The number of hydrogen-bond donors (Lipinski definition) is 3. The molecule has 0 amide bonds. The number of rotatable bonds is 4. The van der Waals surface area contributed by atoms with Gasteiger partial charge in [0.2, 0.25) is 0 Å². The maximum absolute atomic E-state index is 11.3. The van der Waals surface area contributed by atoms with E-state index < -0.39 is 5.97 Å². The van der Waals surface area contributed by atoms with E-state index in [2.05, 4.69) is 0 Å². The number of phenolic OH excluding ortho intramolecular Hbond substituents is 1. The molecule has 0 radical (unpaired) electrons. The number of carboxylic acids is 1. The second kappa shape index (κ2) is 6.75. The van der Waals surface area contributed by atoms with Gasteiger partial charge in [0.15, 0.2) is 0 Å². The van der Waals surface area contributed by atoms with Crippen LogP contribution in [0.3, 0.4) is 0 Å². The molecule has 0 saturated carbocycles. The summed E-state index contributed by atoms with van der Waals surface area (Å²) in [5.74, 6) is -0.775. The Hall–Kier alpha value is -1.81. The topological polar surface area (TPSA) is 77.8 Å². The second-order valence-corrected chi connectivity index (χ2v) is 7.91. The highest BCUT2D eigenvalue weighted by atomic mass is 16.4. The highest BCUT2D eigenvalue weighted by Crippen LogP contribution is 2.40. The summed E-state index contributed by atoms with van der Waals surface area (Å²) in [6.07, 6.45) is 1.66. The molecule has 0 aliphatic rings. The lowest BCUT2D eigenvalue weighted by atomic mass is 9.78. The maximum atomic E-state index is 11.3. The Morgan fingerprint density at radius 2 is 1.48 bits per heavy atom. The number of hydrogen-bond acceptors (Lipinski definition) is 3. The third-order valence-electron chi connectivity index (χ3n) is 3.75. The van der Waals surface area contributed by atoms with Crippen LogP contribution in [0.5, 0.6) is 5.75 Å². The van der Waals surface area contributed by atoms with Crippen molar-refractivity contribution in [3.63, 3.8) is 0 Å². The molecule has 3 N–H and O–H groups in total. The smallest absolute Gasteiger partial charge is 0.331 e. The van der Waals surface area contributed by atoms with E-state index in [1.807, 2.05) is 53.7 Å². The SMILES string of the molecule is CC(C)(C)c1cc(C=C(CCO)C(=O)O)cc(C(C)(C)C)c1O. The number of aliphatic hydroxyl groups is 1. The third kappa shape index (κ3) is 4.83. The fourth-order valence-electron chi connectivity index (χ4n) is 2.45. The van der Waals surface area contributed by atoms with Crippen molar-refractivity contribution in [3.8, 4) is 5.75 Å². The van der Waals surface area contributed by atoms with Gasteiger partial charge in [-0.25, -0.2) is 4.79 Å². The van der Waals surface area contributed by atoms with Crippen LogP contribution >= 0.6 is 0 Å². The van der Waals surface area contributed by atoms with Gasteiger partial charge in [-0.15, -0.1) is 0 Å². The Balaban J connectivity index is 3.62.